The summed E-state index contributed by atoms with van der Waals surface area (Å²) in [7, 11) is 0. The zero-order valence-corrected chi connectivity index (χ0v) is 23.7. The molecule has 1 spiro atoms. The number of aliphatic hydroxyl groups is 1. The van der Waals surface area contributed by atoms with E-state index in [-0.39, 0.29) is 36.4 Å². The van der Waals surface area contributed by atoms with E-state index in [1.54, 1.807) is 37.3 Å². The van der Waals surface area contributed by atoms with Crippen molar-refractivity contribution in [3.8, 4) is 0 Å². The minimum Gasteiger partial charge on any atom is -0.466 e. The van der Waals surface area contributed by atoms with E-state index in [2.05, 4.69) is 22.5 Å². The minimum absolute atomic E-state index is 0.106. The molecule has 3 aliphatic rings. The Morgan fingerprint density at radius 3 is 2.70 bits per heavy atom. The first-order chi connectivity index (χ1) is 17.7. The maximum absolute atomic E-state index is 14.5. The van der Waals surface area contributed by atoms with Gasteiger partial charge in [-0.15, -0.1) is 6.58 Å². The van der Waals surface area contributed by atoms with Crippen molar-refractivity contribution in [2.75, 3.05) is 24.7 Å². The second kappa shape index (κ2) is 11.0. The second-order valence-electron chi connectivity index (χ2n) is 9.99. The molecule has 8 atom stereocenters. The van der Waals surface area contributed by atoms with Crippen LogP contribution in [0, 0.1) is 17.8 Å². The van der Waals surface area contributed by atoms with Crippen LogP contribution in [-0.2, 0) is 23.9 Å². The molecule has 4 rings (SSSR count). The zero-order chi connectivity index (χ0) is 27.1. The molecule has 8 nitrogen and oxygen atoms in total. The fourth-order valence-corrected chi connectivity index (χ4v) is 7.46. The van der Waals surface area contributed by atoms with Gasteiger partial charge in [0.25, 0.3) is 5.91 Å². The molecule has 2 bridgehead atoms. The number of hydrogen-bond acceptors (Lipinski definition) is 6. The third-order valence-electron chi connectivity index (χ3n) is 8.09. The van der Waals surface area contributed by atoms with E-state index < -0.39 is 47.5 Å². The van der Waals surface area contributed by atoms with E-state index in [4.69, 9.17) is 21.1 Å². The molecule has 2 amide bonds. The van der Waals surface area contributed by atoms with Gasteiger partial charge in [-0.1, -0.05) is 66.0 Å². The third-order valence-corrected chi connectivity index (χ3v) is 9.25. The number of carbonyl (C=O) groups excluding carboxylic acids is 3. The molecule has 3 heterocycles. The third kappa shape index (κ3) is 4.41. The molecule has 0 radical (unpaired) electrons. The Bertz CT molecular complexity index is 1070. The van der Waals surface area contributed by atoms with Crippen LogP contribution in [0.15, 0.2) is 36.9 Å². The van der Waals surface area contributed by atoms with Gasteiger partial charge in [0.15, 0.2) is 0 Å². The molecule has 10 heteroatoms. The topological polar surface area (TPSA) is 96.4 Å². The van der Waals surface area contributed by atoms with Crippen LogP contribution in [-0.4, -0.2) is 76.2 Å². The number of esters is 1. The van der Waals surface area contributed by atoms with Gasteiger partial charge in [-0.2, -0.15) is 0 Å². The number of halogens is 2. The van der Waals surface area contributed by atoms with Crippen LogP contribution in [0.4, 0.5) is 5.69 Å². The number of hydrogen-bond donors (Lipinski definition) is 1. The van der Waals surface area contributed by atoms with Gasteiger partial charge in [-0.05, 0) is 31.4 Å². The average Bonchev–Trinajstić information content (AvgIpc) is 3.47. The Labute approximate surface area is 231 Å². The molecule has 202 valence electrons. The van der Waals surface area contributed by atoms with Gasteiger partial charge in [0, 0.05) is 11.4 Å². The molecular formula is C27H34BrClN2O6. The highest BCUT2D eigenvalue weighted by Gasteiger charge is 2.77. The number of para-hydroxylation sites is 1. The van der Waals surface area contributed by atoms with Crippen LogP contribution in [0.5, 0.6) is 0 Å². The van der Waals surface area contributed by atoms with E-state index in [1.807, 2.05) is 13.8 Å². The highest BCUT2D eigenvalue weighted by atomic mass is 79.9. The molecule has 0 aromatic heterocycles. The summed E-state index contributed by atoms with van der Waals surface area (Å²) in [5, 5.41) is 10.8. The van der Waals surface area contributed by atoms with Crippen molar-refractivity contribution < 1.29 is 29.0 Å². The summed E-state index contributed by atoms with van der Waals surface area (Å²) in [6.07, 6.45) is 2.03. The summed E-state index contributed by atoms with van der Waals surface area (Å²) in [4.78, 5) is 44.6. The van der Waals surface area contributed by atoms with Crippen molar-refractivity contribution >= 4 is 51.0 Å². The molecule has 3 unspecified atom stereocenters. The lowest BCUT2D eigenvalue weighted by Crippen LogP contribution is -2.60. The molecule has 0 saturated carbocycles. The second-order valence-corrected chi connectivity index (χ2v) is 11.6. The quantitative estimate of drug-likeness (QED) is 0.252. The summed E-state index contributed by atoms with van der Waals surface area (Å²) in [6.45, 7) is 9.42. The number of alkyl halides is 1. The number of anilines is 1. The predicted molar refractivity (Wildman–Crippen MR) is 144 cm³/mol. The van der Waals surface area contributed by atoms with E-state index in [9.17, 15) is 19.5 Å². The highest BCUT2D eigenvalue weighted by molar-refractivity contribution is 9.09. The molecule has 1 aromatic carbocycles. The summed E-state index contributed by atoms with van der Waals surface area (Å²) < 4.78 is 11.9. The van der Waals surface area contributed by atoms with Crippen LogP contribution in [0.3, 0.4) is 0 Å². The van der Waals surface area contributed by atoms with E-state index in [1.165, 1.54) is 9.80 Å². The van der Waals surface area contributed by atoms with E-state index in [0.29, 0.717) is 23.6 Å². The lowest BCUT2D eigenvalue weighted by Gasteiger charge is -2.41. The molecule has 3 aliphatic heterocycles. The molecule has 3 saturated heterocycles. The number of fused-ring (bicyclic) bond motifs is 1. The normalized spacial score (nSPS) is 31.7. The highest BCUT2D eigenvalue weighted by Crippen LogP contribution is 2.61. The van der Waals surface area contributed by atoms with Crippen LogP contribution >= 0.6 is 27.5 Å². The van der Waals surface area contributed by atoms with Gasteiger partial charge in [-0.3, -0.25) is 14.4 Å². The number of carbonyl (C=O) groups is 3. The first kappa shape index (κ1) is 28.1. The van der Waals surface area contributed by atoms with Crippen LogP contribution < -0.4 is 4.90 Å². The van der Waals surface area contributed by atoms with Gasteiger partial charge < -0.3 is 24.4 Å². The van der Waals surface area contributed by atoms with Gasteiger partial charge in [0.2, 0.25) is 5.91 Å². The van der Waals surface area contributed by atoms with Crippen LogP contribution in [0.2, 0.25) is 5.02 Å². The zero-order valence-electron chi connectivity index (χ0n) is 21.3. The van der Waals surface area contributed by atoms with Crippen LogP contribution in [0.25, 0.3) is 0 Å². The Morgan fingerprint density at radius 1 is 1.41 bits per heavy atom. The van der Waals surface area contributed by atoms with Crippen molar-refractivity contribution in [2.24, 2.45) is 17.8 Å². The number of nitrogens with zero attached hydrogens (tertiary/aromatic N) is 2. The molecule has 0 aliphatic carbocycles. The Morgan fingerprint density at radius 2 is 2.11 bits per heavy atom. The average molecular weight is 598 g/mol. The lowest BCUT2D eigenvalue weighted by molar-refractivity contribution is -0.155. The number of ether oxygens (including phenoxy) is 2. The van der Waals surface area contributed by atoms with Crippen molar-refractivity contribution in [2.45, 2.75) is 62.2 Å². The van der Waals surface area contributed by atoms with Crippen molar-refractivity contribution in [3.05, 3.63) is 41.9 Å². The Kier molecular flexibility index (Phi) is 8.38. The largest absolute Gasteiger partial charge is 0.466 e. The van der Waals surface area contributed by atoms with Crippen molar-refractivity contribution in [1.29, 1.82) is 0 Å². The molecule has 37 heavy (non-hydrogen) atoms. The summed E-state index contributed by atoms with van der Waals surface area (Å²) >= 11 is 10.1. The van der Waals surface area contributed by atoms with Crippen LogP contribution in [0.1, 0.15) is 33.6 Å². The lowest BCUT2D eigenvalue weighted by atomic mass is 9.70. The predicted octanol–water partition coefficient (Wildman–Crippen LogP) is 3.58. The standard InChI is InChI=1S/C27H34BrClN2O6/c1-5-12-30(18-11-9-8-10-17(18)29)25(34)23-27-13-16(28)22(37-27)20(26(35)36-7-3)21(27)24(33)31(23)19(14-32)15(4)6-2/h5,8-11,15-16,19-23,32H,1,6-7,12-14H2,2-4H3/t15-,16?,19-,20+,21-,22+,23?,27?/m0/s1. The van der Waals surface area contributed by atoms with Gasteiger partial charge in [0.1, 0.15) is 11.6 Å². The number of amides is 2. The molecule has 3 fully saturated rings. The number of aliphatic hydroxyl groups excluding tert-OH is 1. The Balaban J connectivity index is 1.88. The monoisotopic (exact) mass is 596 g/mol. The van der Waals surface area contributed by atoms with E-state index in [0.717, 1.165) is 0 Å². The molecule has 1 N–H and O–H groups in total. The summed E-state index contributed by atoms with van der Waals surface area (Å²) in [6, 6.07) is 5.27. The fraction of sp³-hybridized carbons (Fsp3) is 0.593. The van der Waals surface area contributed by atoms with Gasteiger partial charge in [0.05, 0.1) is 47.9 Å². The number of likely N-dealkylation sites (tertiary alicyclic amines) is 1. The summed E-state index contributed by atoms with van der Waals surface area (Å²) in [5.41, 5.74) is -0.776. The Hall–Kier alpha value is -1.94. The molecular weight excluding hydrogens is 564 g/mol. The minimum atomic E-state index is -1.26. The first-order valence-corrected chi connectivity index (χ1v) is 14.1. The smallest absolute Gasteiger partial charge is 0.312 e. The maximum atomic E-state index is 14.5. The first-order valence-electron chi connectivity index (χ1n) is 12.8. The van der Waals surface area contributed by atoms with Gasteiger partial charge in [-0.25, -0.2) is 0 Å². The summed E-state index contributed by atoms with van der Waals surface area (Å²) in [5.74, 6) is -3.12. The maximum Gasteiger partial charge on any atom is 0.312 e. The number of rotatable bonds is 10. The van der Waals surface area contributed by atoms with Crippen molar-refractivity contribution in [3.63, 3.8) is 0 Å². The number of benzene rings is 1. The SMILES string of the molecule is C=CCN(C(=O)C1N([C@@H](CO)[C@@H](C)CC)C(=O)[C@@H]2[C@@H](C(=O)OCC)[C@@H]3OC12CC3Br)c1ccccc1Cl. The van der Waals surface area contributed by atoms with Crippen molar-refractivity contribution in [1.82, 2.24) is 4.90 Å². The van der Waals surface area contributed by atoms with E-state index >= 15 is 0 Å². The molecule has 1 aromatic rings. The fourth-order valence-electron chi connectivity index (χ4n) is 6.28. The van der Waals surface area contributed by atoms with Gasteiger partial charge >= 0.3 is 5.97 Å².